The summed E-state index contributed by atoms with van der Waals surface area (Å²) in [6, 6.07) is 6.96. The standard InChI is InChI=1S/C12H14N4O/c1-16(10-3-2-4-11(17)5-10)12-8-14-9(6-13)7-15-12/h2-5,7-8,17H,6,13H2,1H3. The van der Waals surface area contributed by atoms with Crippen molar-refractivity contribution in [3.05, 3.63) is 42.4 Å². The van der Waals surface area contributed by atoms with E-state index in [0.717, 1.165) is 11.4 Å². The van der Waals surface area contributed by atoms with Crippen molar-refractivity contribution in [2.75, 3.05) is 11.9 Å². The number of phenols is 1. The molecule has 0 aliphatic carbocycles. The summed E-state index contributed by atoms with van der Waals surface area (Å²) in [5.74, 6) is 0.925. The third-order valence-electron chi connectivity index (χ3n) is 2.46. The number of aromatic nitrogens is 2. The SMILES string of the molecule is CN(c1cccc(O)c1)c1cnc(CN)cn1. The molecule has 2 rings (SSSR count). The molecule has 0 saturated heterocycles. The number of hydrogen-bond acceptors (Lipinski definition) is 5. The Morgan fingerprint density at radius 2 is 2.12 bits per heavy atom. The van der Waals surface area contributed by atoms with Crippen molar-refractivity contribution in [2.45, 2.75) is 6.54 Å². The van der Waals surface area contributed by atoms with E-state index in [1.54, 1.807) is 30.6 Å². The first kappa shape index (κ1) is 11.3. The second-order valence-electron chi connectivity index (χ2n) is 3.65. The van der Waals surface area contributed by atoms with Gasteiger partial charge in [-0.1, -0.05) is 6.07 Å². The van der Waals surface area contributed by atoms with Crippen molar-refractivity contribution in [2.24, 2.45) is 5.73 Å². The number of rotatable bonds is 3. The maximum Gasteiger partial charge on any atom is 0.151 e. The van der Waals surface area contributed by atoms with Crippen LogP contribution >= 0.6 is 0 Å². The molecule has 5 heteroatoms. The average Bonchev–Trinajstić information content (AvgIpc) is 2.38. The summed E-state index contributed by atoms with van der Waals surface area (Å²) in [5, 5.41) is 9.41. The molecular weight excluding hydrogens is 216 g/mol. The fraction of sp³-hybridized carbons (Fsp3) is 0.167. The summed E-state index contributed by atoms with van der Waals surface area (Å²) in [4.78, 5) is 10.3. The van der Waals surface area contributed by atoms with E-state index in [0.29, 0.717) is 12.4 Å². The van der Waals surface area contributed by atoms with Gasteiger partial charge in [0.1, 0.15) is 5.75 Å². The lowest BCUT2D eigenvalue weighted by atomic mass is 10.3. The molecule has 0 fully saturated rings. The zero-order valence-corrected chi connectivity index (χ0v) is 9.54. The third-order valence-corrected chi connectivity index (χ3v) is 2.46. The minimum Gasteiger partial charge on any atom is -0.508 e. The molecular formula is C12H14N4O. The summed E-state index contributed by atoms with van der Waals surface area (Å²) >= 11 is 0. The van der Waals surface area contributed by atoms with E-state index in [4.69, 9.17) is 5.73 Å². The molecule has 0 spiro atoms. The number of anilines is 2. The number of nitrogens with zero attached hydrogens (tertiary/aromatic N) is 3. The van der Waals surface area contributed by atoms with E-state index < -0.39 is 0 Å². The fourth-order valence-corrected chi connectivity index (χ4v) is 1.46. The predicted molar refractivity (Wildman–Crippen MR) is 66.1 cm³/mol. The van der Waals surface area contributed by atoms with Crippen molar-refractivity contribution >= 4 is 11.5 Å². The van der Waals surface area contributed by atoms with Gasteiger partial charge in [-0.2, -0.15) is 0 Å². The van der Waals surface area contributed by atoms with Crippen LogP contribution in [-0.4, -0.2) is 22.1 Å². The molecule has 17 heavy (non-hydrogen) atoms. The fourth-order valence-electron chi connectivity index (χ4n) is 1.46. The predicted octanol–water partition coefficient (Wildman–Crippen LogP) is 1.41. The maximum absolute atomic E-state index is 9.41. The second kappa shape index (κ2) is 4.80. The largest absolute Gasteiger partial charge is 0.508 e. The molecule has 0 amide bonds. The Labute approximate surface area is 99.6 Å². The molecule has 2 aromatic rings. The van der Waals surface area contributed by atoms with E-state index in [2.05, 4.69) is 9.97 Å². The summed E-state index contributed by atoms with van der Waals surface area (Å²) in [5.41, 5.74) is 7.05. The van der Waals surface area contributed by atoms with Gasteiger partial charge in [-0.15, -0.1) is 0 Å². The van der Waals surface area contributed by atoms with E-state index >= 15 is 0 Å². The van der Waals surface area contributed by atoms with Gasteiger partial charge in [0.25, 0.3) is 0 Å². The van der Waals surface area contributed by atoms with Gasteiger partial charge >= 0.3 is 0 Å². The van der Waals surface area contributed by atoms with Crippen LogP contribution in [0, 0.1) is 0 Å². The Kier molecular flexibility index (Phi) is 3.20. The van der Waals surface area contributed by atoms with Gasteiger partial charge in [-0.05, 0) is 12.1 Å². The first-order valence-corrected chi connectivity index (χ1v) is 5.24. The Hall–Kier alpha value is -2.14. The van der Waals surface area contributed by atoms with Crippen LogP contribution in [0.4, 0.5) is 11.5 Å². The van der Waals surface area contributed by atoms with E-state index in [1.165, 1.54) is 0 Å². The van der Waals surface area contributed by atoms with Gasteiger partial charge in [-0.25, -0.2) is 4.98 Å². The van der Waals surface area contributed by atoms with Crippen LogP contribution in [0.1, 0.15) is 5.69 Å². The van der Waals surface area contributed by atoms with E-state index in [-0.39, 0.29) is 5.75 Å². The molecule has 88 valence electrons. The molecule has 0 aliphatic rings. The van der Waals surface area contributed by atoms with Crippen LogP contribution in [0.15, 0.2) is 36.7 Å². The smallest absolute Gasteiger partial charge is 0.151 e. The summed E-state index contributed by atoms with van der Waals surface area (Å²) in [7, 11) is 1.86. The van der Waals surface area contributed by atoms with Gasteiger partial charge < -0.3 is 15.7 Å². The van der Waals surface area contributed by atoms with Crippen molar-refractivity contribution in [1.29, 1.82) is 0 Å². The highest BCUT2D eigenvalue weighted by Crippen LogP contribution is 2.24. The van der Waals surface area contributed by atoms with Gasteiger partial charge in [0.15, 0.2) is 5.82 Å². The average molecular weight is 230 g/mol. The Morgan fingerprint density at radius 1 is 1.29 bits per heavy atom. The van der Waals surface area contributed by atoms with Crippen molar-refractivity contribution < 1.29 is 5.11 Å². The molecule has 0 radical (unpaired) electrons. The summed E-state index contributed by atoms with van der Waals surface area (Å²) < 4.78 is 0. The van der Waals surface area contributed by atoms with Crippen molar-refractivity contribution in [1.82, 2.24) is 9.97 Å². The van der Waals surface area contributed by atoms with Crippen LogP contribution in [0.3, 0.4) is 0 Å². The Balaban J connectivity index is 2.27. The van der Waals surface area contributed by atoms with E-state index in [1.807, 2.05) is 18.0 Å². The second-order valence-corrected chi connectivity index (χ2v) is 3.65. The minimum atomic E-state index is 0.223. The normalized spacial score (nSPS) is 10.2. The molecule has 1 heterocycles. The van der Waals surface area contributed by atoms with Gasteiger partial charge in [0.2, 0.25) is 0 Å². The highest BCUT2D eigenvalue weighted by molar-refractivity contribution is 5.59. The van der Waals surface area contributed by atoms with Crippen molar-refractivity contribution in [3.63, 3.8) is 0 Å². The molecule has 1 aromatic carbocycles. The number of benzene rings is 1. The van der Waals surface area contributed by atoms with Crippen LogP contribution in [0.2, 0.25) is 0 Å². The van der Waals surface area contributed by atoms with Crippen LogP contribution < -0.4 is 10.6 Å². The first-order chi connectivity index (χ1) is 8.20. The Bertz CT molecular complexity index is 498. The van der Waals surface area contributed by atoms with E-state index in [9.17, 15) is 5.11 Å². The highest BCUT2D eigenvalue weighted by atomic mass is 16.3. The van der Waals surface area contributed by atoms with Crippen LogP contribution in [0.25, 0.3) is 0 Å². The molecule has 0 unspecified atom stereocenters. The third kappa shape index (κ3) is 2.51. The molecule has 0 saturated carbocycles. The molecule has 0 atom stereocenters. The summed E-state index contributed by atoms with van der Waals surface area (Å²) in [6.45, 7) is 0.378. The van der Waals surface area contributed by atoms with Crippen molar-refractivity contribution in [3.8, 4) is 5.75 Å². The number of aromatic hydroxyl groups is 1. The maximum atomic E-state index is 9.41. The topological polar surface area (TPSA) is 75.3 Å². The molecule has 0 bridgehead atoms. The molecule has 0 aliphatic heterocycles. The van der Waals surface area contributed by atoms with Crippen LogP contribution in [0.5, 0.6) is 5.75 Å². The van der Waals surface area contributed by atoms with Gasteiger partial charge in [-0.3, -0.25) is 4.98 Å². The van der Waals surface area contributed by atoms with Gasteiger partial charge in [0.05, 0.1) is 18.1 Å². The lowest BCUT2D eigenvalue weighted by molar-refractivity contribution is 0.475. The van der Waals surface area contributed by atoms with Crippen LogP contribution in [-0.2, 0) is 6.54 Å². The molecule has 1 aromatic heterocycles. The number of hydrogen-bond donors (Lipinski definition) is 2. The first-order valence-electron chi connectivity index (χ1n) is 5.24. The Morgan fingerprint density at radius 3 is 2.71 bits per heavy atom. The molecule has 3 N–H and O–H groups in total. The zero-order valence-electron chi connectivity index (χ0n) is 9.54. The lowest BCUT2D eigenvalue weighted by Gasteiger charge is -2.18. The van der Waals surface area contributed by atoms with Gasteiger partial charge in [0, 0.05) is 25.3 Å². The zero-order chi connectivity index (χ0) is 12.3. The number of phenolic OH excluding ortho intramolecular Hbond substituents is 1. The quantitative estimate of drug-likeness (QED) is 0.833. The summed E-state index contributed by atoms with van der Waals surface area (Å²) in [6.07, 6.45) is 3.31. The molecule has 5 nitrogen and oxygen atoms in total. The lowest BCUT2D eigenvalue weighted by Crippen LogP contribution is -2.12. The monoisotopic (exact) mass is 230 g/mol. The minimum absolute atomic E-state index is 0.223. The highest BCUT2D eigenvalue weighted by Gasteiger charge is 2.06. The number of nitrogens with two attached hydrogens (primary N) is 1.